The third kappa shape index (κ3) is 2.02. The van der Waals surface area contributed by atoms with E-state index in [0.29, 0.717) is 5.82 Å². The van der Waals surface area contributed by atoms with Gasteiger partial charge in [-0.25, -0.2) is 0 Å². The van der Waals surface area contributed by atoms with Crippen LogP contribution in [0, 0.1) is 6.92 Å². The van der Waals surface area contributed by atoms with E-state index in [1.807, 2.05) is 32.2 Å². The molecule has 2 aromatic rings. The normalized spacial score (nSPS) is 10.6. The highest BCUT2D eigenvalue weighted by atomic mass is 79.9. The number of aromatic nitrogens is 2. The summed E-state index contributed by atoms with van der Waals surface area (Å²) in [5.74, 6) is 1.46. The van der Waals surface area contributed by atoms with Gasteiger partial charge in [-0.1, -0.05) is 12.1 Å². The second-order valence-electron chi connectivity index (χ2n) is 3.86. The number of nitrogen functional groups attached to an aromatic ring is 1. The van der Waals surface area contributed by atoms with E-state index < -0.39 is 0 Å². The minimum Gasteiger partial charge on any atom is -0.495 e. The lowest BCUT2D eigenvalue weighted by atomic mass is 10.1. The van der Waals surface area contributed by atoms with Crippen LogP contribution in [-0.2, 0) is 7.05 Å². The van der Waals surface area contributed by atoms with E-state index in [4.69, 9.17) is 10.5 Å². The smallest absolute Gasteiger partial charge is 0.136 e. The van der Waals surface area contributed by atoms with E-state index in [1.165, 1.54) is 0 Å². The predicted octanol–water partition coefficient (Wildman–Crippen LogP) is 2.75. The van der Waals surface area contributed by atoms with Crippen LogP contribution in [0.3, 0.4) is 0 Å². The van der Waals surface area contributed by atoms with Crippen molar-refractivity contribution in [3.05, 3.63) is 28.2 Å². The molecule has 0 radical (unpaired) electrons. The summed E-state index contributed by atoms with van der Waals surface area (Å²) in [6.07, 6.45) is 0. The summed E-state index contributed by atoms with van der Waals surface area (Å²) in [5, 5.41) is 4.35. The minimum absolute atomic E-state index is 0.631. The number of methoxy groups -OCH3 is 1. The SMILES string of the molecule is COc1c(C)ccc(-c2cc(N)n(C)n2)c1Br. The van der Waals surface area contributed by atoms with Gasteiger partial charge in [0.05, 0.1) is 17.3 Å². The Morgan fingerprint density at radius 2 is 2.12 bits per heavy atom. The molecule has 4 nitrogen and oxygen atoms in total. The molecule has 5 heteroatoms. The van der Waals surface area contributed by atoms with E-state index in [1.54, 1.807) is 11.8 Å². The lowest BCUT2D eigenvalue weighted by Gasteiger charge is -2.10. The molecule has 1 heterocycles. The Morgan fingerprint density at radius 1 is 1.41 bits per heavy atom. The molecule has 0 atom stereocenters. The van der Waals surface area contributed by atoms with E-state index >= 15 is 0 Å². The van der Waals surface area contributed by atoms with Crippen molar-refractivity contribution in [3.8, 4) is 17.0 Å². The first-order chi connectivity index (χ1) is 8.04. The molecule has 0 saturated heterocycles. The molecule has 1 aromatic carbocycles. The maximum atomic E-state index is 5.78. The lowest BCUT2D eigenvalue weighted by Crippen LogP contribution is -1.96. The summed E-state index contributed by atoms with van der Waals surface area (Å²) < 4.78 is 7.91. The summed E-state index contributed by atoms with van der Waals surface area (Å²) in [7, 11) is 3.47. The number of halogens is 1. The minimum atomic E-state index is 0.631. The summed E-state index contributed by atoms with van der Waals surface area (Å²) >= 11 is 3.55. The maximum Gasteiger partial charge on any atom is 0.136 e. The van der Waals surface area contributed by atoms with Gasteiger partial charge in [-0.05, 0) is 28.4 Å². The molecule has 0 aliphatic rings. The van der Waals surface area contributed by atoms with Gasteiger partial charge in [0, 0.05) is 18.7 Å². The van der Waals surface area contributed by atoms with Crippen LogP contribution in [0.4, 0.5) is 5.82 Å². The first-order valence-electron chi connectivity index (χ1n) is 5.17. The van der Waals surface area contributed by atoms with Crippen molar-refractivity contribution in [2.75, 3.05) is 12.8 Å². The zero-order valence-electron chi connectivity index (χ0n) is 9.99. The predicted molar refractivity (Wildman–Crippen MR) is 72.0 cm³/mol. The Kier molecular flexibility index (Phi) is 3.11. The molecule has 0 aliphatic carbocycles. The third-order valence-corrected chi connectivity index (χ3v) is 3.48. The molecular weight excluding hydrogens is 282 g/mol. The number of ether oxygens (including phenoxy) is 1. The highest BCUT2D eigenvalue weighted by Gasteiger charge is 2.13. The number of benzene rings is 1. The zero-order valence-corrected chi connectivity index (χ0v) is 11.6. The van der Waals surface area contributed by atoms with Crippen LogP contribution < -0.4 is 10.5 Å². The number of aryl methyl sites for hydroxylation is 2. The van der Waals surface area contributed by atoms with E-state index in [0.717, 1.165) is 27.0 Å². The summed E-state index contributed by atoms with van der Waals surface area (Å²) in [5.41, 5.74) is 8.66. The molecule has 0 unspecified atom stereocenters. The van der Waals surface area contributed by atoms with Crippen LogP contribution in [0.2, 0.25) is 0 Å². The van der Waals surface area contributed by atoms with Crippen molar-refractivity contribution < 1.29 is 4.74 Å². The third-order valence-electron chi connectivity index (χ3n) is 2.69. The average Bonchev–Trinajstić information content (AvgIpc) is 2.59. The molecule has 0 fully saturated rings. The summed E-state index contributed by atoms with van der Waals surface area (Å²) in [6.45, 7) is 2.00. The first kappa shape index (κ1) is 12.0. The molecule has 2 rings (SSSR count). The Hall–Kier alpha value is -1.49. The van der Waals surface area contributed by atoms with Crippen LogP contribution in [0.25, 0.3) is 11.3 Å². The maximum absolute atomic E-state index is 5.78. The molecule has 90 valence electrons. The quantitative estimate of drug-likeness (QED) is 0.927. The Labute approximate surface area is 109 Å². The molecule has 1 aromatic heterocycles. The Balaban J connectivity index is 2.60. The van der Waals surface area contributed by atoms with Crippen LogP contribution in [0.15, 0.2) is 22.7 Å². The number of rotatable bonds is 2. The monoisotopic (exact) mass is 295 g/mol. The van der Waals surface area contributed by atoms with Gasteiger partial charge in [0.2, 0.25) is 0 Å². The van der Waals surface area contributed by atoms with Gasteiger partial charge in [-0.3, -0.25) is 4.68 Å². The number of nitrogens with zero attached hydrogens (tertiary/aromatic N) is 2. The van der Waals surface area contributed by atoms with Crippen molar-refractivity contribution in [2.45, 2.75) is 6.92 Å². The van der Waals surface area contributed by atoms with Gasteiger partial charge in [0.1, 0.15) is 11.6 Å². The average molecular weight is 296 g/mol. The lowest BCUT2D eigenvalue weighted by molar-refractivity contribution is 0.409. The van der Waals surface area contributed by atoms with Crippen molar-refractivity contribution in [2.24, 2.45) is 7.05 Å². The molecule has 17 heavy (non-hydrogen) atoms. The fraction of sp³-hybridized carbons (Fsp3) is 0.250. The fourth-order valence-corrected chi connectivity index (χ4v) is 2.52. The van der Waals surface area contributed by atoms with E-state index in [2.05, 4.69) is 21.0 Å². The van der Waals surface area contributed by atoms with Crippen LogP contribution in [0.1, 0.15) is 5.56 Å². The second kappa shape index (κ2) is 4.41. The molecule has 2 N–H and O–H groups in total. The fourth-order valence-electron chi connectivity index (χ4n) is 1.71. The first-order valence-corrected chi connectivity index (χ1v) is 5.97. The van der Waals surface area contributed by atoms with Crippen LogP contribution in [0.5, 0.6) is 5.75 Å². The standard InChI is InChI=1S/C12H14BrN3O/c1-7-4-5-8(11(13)12(7)17-3)9-6-10(14)16(2)15-9/h4-6H,14H2,1-3H3. The molecule has 0 aliphatic heterocycles. The van der Waals surface area contributed by atoms with Gasteiger partial charge >= 0.3 is 0 Å². The Bertz CT molecular complexity index is 544. The summed E-state index contributed by atoms with van der Waals surface area (Å²) in [4.78, 5) is 0. The number of hydrogen-bond donors (Lipinski definition) is 1. The largest absolute Gasteiger partial charge is 0.495 e. The van der Waals surface area contributed by atoms with Crippen LogP contribution >= 0.6 is 15.9 Å². The molecular formula is C12H14BrN3O. The molecule has 0 bridgehead atoms. The molecule has 0 saturated carbocycles. The topological polar surface area (TPSA) is 53.1 Å². The van der Waals surface area contributed by atoms with Gasteiger partial charge in [0.25, 0.3) is 0 Å². The number of anilines is 1. The number of nitrogens with two attached hydrogens (primary N) is 1. The second-order valence-corrected chi connectivity index (χ2v) is 4.65. The highest BCUT2D eigenvalue weighted by Crippen LogP contribution is 2.37. The van der Waals surface area contributed by atoms with Gasteiger partial charge in [0.15, 0.2) is 0 Å². The number of hydrogen-bond acceptors (Lipinski definition) is 3. The van der Waals surface area contributed by atoms with Crippen molar-refractivity contribution >= 4 is 21.7 Å². The Morgan fingerprint density at radius 3 is 2.65 bits per heavy atom. The van der Waals surface area contributed by atoms with Crippen molar-refractivity contribution in [1.29, 1.82) is 0 Å². The molecule has 0 amide bonds. The van der Waals surface area contributed by atoms with Crippen molar-refractivity contribution in [3.63, 3.8) is 0 Å². The van der Waals surface area contributed by atoms with E-state index in [-0.39, 0.29) is 0 Å². The van der Waals surface area contributed by atoms with Gasteiger partial charge in [-0.15, -0.1) is 0 Å². The van der Waals surface area contributed by atoms with Gasteiger partial charge < -0.3 is 10.5 Å². The van der Waals surface area contributed by atoms with Crippen molar-refractivity contribution in [1.82, 2.24) is 9.78 Å². The van der Waals surface area contributed by atoms with Crippen LogP contribution in [-0.4, -0.2) is 16.9 Å². The van der Waals surface area contributed by atoms with E-state index in [9.17, 15) is 0 Å². The zero-order chi connectivity index (χ0) is 12.6. The van der Waals surface area contributed by atoms with Gasteiger partial charge in [-0.2, -0.15) is 5.10 Å². The molecule has 0 spiro atoms. The summed E-state index contributed by atoms with van der Waals surface area (Å²) in [6, 6.07) is 5.85. The highest BCUT2D eigenvalue weighted by molar-refractivity contribution is 9.10.